The van der Waals surface area contributed by atoms with Gasteiger partial charge < -0.3 is 15.5 Å². The standard InChI is InChI=1S/C24H20F8N4O3/c25-15-9-14(23(27,28)29)16(26)8-13(15)20(12-7-19(37)34-10-12)35-21(38)17-2-1-5-36(17)22(39)11-3-4-33-18(6-11)24(30,31)32/h3-4,6,8-9,12,17,20H,1-2,5,7,10H2,(H,34,37)(H,35,38)/t12?,17-,20?/m1/s1. The van der Waals surface area contributed by atoms with Gasteiger partial charge in [-0.3, -0.25) is 19.4 Å². The molecule has 2 unspecified atom stereocenters. The number of benzene rings is 1. The highest BCUT2D eigenvalue weighted by molar-refractivity contribution is 5.98. The molecule has 39 heavy (non-hydrogen) atoms. The SMILES string of the molecule is O=C1CC(C(NC(=O)[C@H]2CCCN2C(=O)c2ccnc(C(F)(F)F)c2)c2cc(F)c(C(F)(F)F)cc2F)CN1. The highest BCUT2D eigenvalue weighted by Gasteiger charge is 2.41. The molecule has 210 valence electrons. The topological polar surface area (TPSA) is 91.4 Å². The lowest BCUT2D eigenvalue weighted by Gasteiger charge is -2.29. The number of aromatic nitrogens is 1. The number of likely N-dealkylation sites (tertiary alicyclic amines) is 1. The van der Waals surface area contributed by atoms with Crippen molar-refractivity contribution in [3.05, 3.63) is 64.5 Å². The van der Waals surface area contributed by atoms with Crippen LogP contribution in [-0.2, 0) is 21.9 Å². The number of carbonyl (C=O) groups is 3. The summed E-state index contributed by atoms with van der Waals surface area (Å²) in [4.78, 5) is 42.3. The first-order valence-electron chi connectivity index (χ1n) is 11.6. The van der Waals surface area contributed by atoms with Gasteiger partial charge in [-0.15, -0.1) is 0 Å². The van der Waals surface area contributed by atoms with Gasteiger partial charge in [0, 0.05) is 42.8 Å². The van der Waals surface area contributed by atoms with Crippen LogP contribution in [0.25, 0.3) is 0 Å². The second-order valence-corrected chi connectivity index (χ2v) is 9.19. The summed E-state index contributed by atoms with van der Waals surface area (Å²) in [6.45, 7) is -0.103. The smallest absolute Gasteiger partial charge is 0.356 e. The number of hydrogen-bond donors (Lipinski definition) is 2. The first-order valence-corrected chi connectivity index (χ1v) is 11.6. The summed E-state index contributed by atoms with van der Waals surface area (Å²) in [5.41, 5.74) is -4.17. The Bertz CT molecular complexity index is 1300. The molecule has 0 radical (unpaired) electrons. The average Bonchev–Trinajstić information content (AvgIpc) is 3.51. The normalized spacial score (nSPS) is 20.6. The first kappa shape index (κ1) is 28.2. The van der Waals surface area contributed by atoms with Crippen molar-refractivity contribution in [3.63, 3.8) is 0 Å². The average molecular weight is 564 g/mol. The fourth-order valence-electron chi connectivity index (χ4n) is 4.75. The van der Waals surface area contributed by atoms with Gasteiger partial charge in [0.05, 0.1) is 11.6 Å². The monoisotopic (exact) mass is 564 g/mol. The Morgan fingerprint density at radius 3 is 2.38 bits per heavy atom. The Kier molecular flexibility index (Phi) is 7.54. The summed E-state index contributed by atoms with van der Waals surface area (Å²) in [6.07, 6.45) is -9.09. The molecule has 1 aromatic heterocycles. The lowest BCUT2D eigenvalue weighted by molar-refractivity contribution is -0.141. The van der Waals surface area contributed by atoms with Gasteiger partial charge in [-0.1, -0.05) is 0 Å². The number of rotatable bonds is 5. The van der Waals surface area contributed by atoms with Crippen LogP contribution in [0, 0.1) is 17.6 Å². The zero-order valence-corrected chi connectivity index (χ0v) is 19.8. The second kappa shape index (κ2) is 10.4. The van der Waals surface area contributed by atoms with Gasteiger partial charge >= 0.3 is 12.4 Å². The summed E-state index contributed by atoms with van der Waals surface area (Å²) in [7, 11) is 0. The zero-order valence-electron chi connectivity index (χ0n) is 19.8. The highest BCUT2D eigenvalue weighted by Crippen LogP contribution is 2.37. The van der Waals surface area contributed by atoms with Gasteiger partial charge in [0.15, 0.2) is 0 Å². The van der Waals surface area contributed by atoms with E-state index >= 15 is 0 Å². The molecule has 2 fully saturated rings. The van der Waals surface area contributed by atoms with Crippen molar-refractivity contribution in [1.29, 1.82) is 0 Å². The molecular weight excluding hydrogens is 544 g/mol. The fraction of sp³-hybridized carbons (Fsp3) is 0.417. The van der Waals surface area contributed by atoms with E-state index in [0.29, 0.717) is 18.6 Å². The number of halogens is 8. The van der Waals surface area contributed by atoms with Crippen molar-refractivity contribution >= 4 is 17.7 Å². The number of alkyl halides is 6. The van der Waals surface area contributed by atoms with Gasteiger partial charge in [0.2, 0.25) is 11.8 Å². The highest BCUT2D eigenvalue weighted by atomic mass is 19.4. The minimum atomic E-state index is -5.18. The quantitative estimate of drug-likeness (QED) is 0.538. The summed E-state index contributed by atoms with van der Waals surface area (Å²) in [5, 5.41) is 4.88. The Balaban J connectivity index is 1.62. The van der Waals surface area contributed by atoms with Gasteiger partial charge in [-0.2, -0.15) is 26.3 Å². The van der Waals surface area contributed by atoms with Crippen LogP contribution in [0.3, 0.4) is 0 Å². The van der Waals surface area contributed by atoms with E-state index in [0.717, 1.165) is 17.2 Å². The van der Waals surface area contributed by atoms with Crippen molar-refractivity contribution in [2.75, 3.05) is 13.1 Å². The fourth-order valence-corrected chi connectivity index (χ4v) is 4.75. The Morgan fingerprint density at radius 1 is 1.05 bits per heavy atom. The third-order valence-corrected chi connectivity index (χ3v) is 6.62. The van der Waals surface area contributed by atoms with E-state index in [9.17, 15) is 49.5 Å². The summed E-state index contributed by atoms with van der Waals surface area (Å²) >= 11 is 0. The molecule has 0 spiro atoms. The van der Waals surface area contributed by atoms with Crippen LogP contribution in [0.2, 0.25) is 0 Å². The summed E-state index contributed by atoms with van der Waals surface area (Å²) in [6, 6.07) is -0.836. The van der Waals surface area contributed by atoms with Crippen LogP contribution in [0.5, 0.6) is 0 Å². The van der Waals surface area contributed by atoms with Gasteiger partial charge in [0.1, 0.15) is 23.4 Å². The molecule has 7 nitrogen and oxygen atoms in total. The van der Waals surface area contributed by atoms with Crippen LogP contribution in [-0.4, -0.2) is 46.7 Å². The second-order valence-electron chi connectivity index (χ2n) is 9.19. The number of pyridine rings is 1. The molecular formula is C24H20F8N4O3. The summed E-state index contributed by atoms with van der Waals surface area (Å²) in [5.74, 6) is -6.40. The molecule has 1 aromatic carbocycles. The maximum Gasteiger partial charge on any atom is 0.433 e. The minimum absolute atomic E-state index is 0.00198. The Hall–Kier alpha value is -3.78. The van der Waals surface area contributed by atoms with E-state index in [2.05, 4.69) is 15.6 Å². The van der Waals surface area contributed by atoms with Crippen LogP contribution < -0.4 is 10.6 Å². The predicted molar refractivity (Wildman–Crippen MR) is 117 cm³/mol. The lowest BCUT2D eigenvalue weighted by atomic mass is 9.90. The molecule has 2 saturated heterocycles. The van der Waals surface area contributed by atoms with E-state index in [4.69, 9.17) is 0 Å². The van der Waals surface area contributed by atoms with Gasteiger partial charge in [0.25, 0.3) is 5.91 Å². The number of hydrogen-bond acceptors (Lipinski definition) is 4. The van der Waals surface area contributed by atoms with E-state index < -0.39 is 76.5 Å². The van der Waals surface area contributed by atoms with Crippen LogP contribution in [0.4, 0.5) is 35.1 Å². The number of nitrogens with one attached hydrogen (secondary N) is 2. The number of carbonyl (C=O) groups excluding carboxylic acids is 3. The van der Waals surface area contributed by atoms with Crippen molar-refractivity contribution < 1.29 is 49.5 Å². The van der Waals surface area contributed by atoms with E-state index in [-0.39, 0.29) is 37.6 Å². The first-order chi connectivity index (χ1) is 18.2. The Morgan fingerprint density at radius 2 is 1.77 bits per heavy atom. The molecule has 3 atom stereocenters. The largest absolute Gasteiger partial charge is 0.433 e. The molecule has 3 heterocycles. The minimum Gasteiger partial charge on any atom is -0.356 e. The van der Waals surface area contributed by atoms with Gasteiger partial charge in [-0.25, -0.2) is 8.78 Å². The van der Waals surface area contributed by atoms with E-state index in [1.54, 1.807) is 0 Å². The molecule has 0 bridgehead atoms. The Labute approximate surface area is 215 Å². The molecule has 2 N–H and O–H groups in total. The molecule has 0 aliphatic carbocycles. The van der Waals surface area contributed by atoms with Gasteiger partial charge in [-0.05, 0) is 37.1 Å². The van der Waals surface area contributed by atoms with Crippen LogP contribution in [0.1, 0.15) is 52.5 Å². The third-order valence-electron chi connectivity index (χ3n) is 6.62. The molecule has 2 aliphatic heterocycles. The van der Waals surface area contributed by atoms with E-state index in [1.807, 2.05) is 0 Å². The maximum absolute atomic E-state index is 14.9. The molecule has 2 aliphatic rings. The van der Waals surface area contributed by atoms with Crippen molar-refractivity contribution in [1.82, 2.24) is 20.5 Å². The third kappa shape index (κ3) is 5.96. The van der Waals surface area contributed by atoms with E-state index in [1.165, 1.54) is 0 Å². The molecule has 2 aromatic rings. The van der Waals surface area contributed by atoms with Crippen LogP contribution >= 0.6 is 0 Å². The molecule has 4 rings (SSSR count). The van der Waals surface area contributed by atoms with Crippen LogP contribution in [0.15, 0.2) is 30.5 Å². The summed E-state index contributed by atoms with van der Waals surface area (Å²) < 4.78 is 107. The van der Waals surface area contributed by atoms with Crippen molar-refractivity contribution in [2.45, 2.75) is 43.7 Å². The van der Waals surface area contributed by atoms with Crippen molar-refractivity contribution in [2.24, 2.45) is 5.92 Å². The number of amides is 3. The van der Waals surface area contributed by atoms with Crippen molar-refractivity contribution in [3.8, 4) is 0 Å². The predicted octanol–water partition coefficient (Wildman–Crippen LogP) is 4.00. The maximum atomic E-state index is 14.9. The zero-order chi connectivity index (χ0) is 28.7. The molecule has 3 amide bonds. The molecule has 0 saturated carbocycles. The lowest BCUT2D eigenvalue weighted by Crippen LogP contribution is -2.48. The number of nitrogens with zero attached hydrogens (tertiary/aromatic N) is 2. The molecule has 15 heteroatoms.